The van der Waals surface area contributed by atoms with E-state index < -0.39 is 0 Å². The fourth-order valence-electron chi connectivity index (χ4n) is 3.04. The molecule has 0 spiro atoms. The van der Waals surface area contributed by atoms with Crippen LogP contribution in [0.25, 0.3) is 16.2 Å². The molecule has 5 rings (SSSR count). The molecule has 0 fully saturated rings. The minimum Gasteiger partial charge on any atom is -0.458 e. The summed E-state index contributed by atoms with van der Waals surface area (Å²) in [5.74, 6) is 2.77. The highest BCUT2D eigenvalue weighted by Gasteiger charge is 2.21. The van der Waals surface area contributed by atoms with Crippen molar-refractivity contribution < 1.29 is 9.47 Å². The van der Waals surface area contributed by atoms with E-state index in [9.17, 15) is 0 Å². The lowest BCUT2D eigenvalue weighted by Gasteiger charge is -2.12. The van der Waals surface area contributed by atoms with E-state index in [1.165, 1.54) is 11.1 Å². The largest absolute Gasteiger partial charge is 0.458 e. The molecule has 126 valence electrons. The molecule has 5 nitrogen and oxygen atoms in total. The van der Waals surface area contributed by atoms with Crippen molar-refractivity contribution in [2.45, 2.75) is 18.0 Å². The normalized spacial score (nSPS) is 16.6. The molecule has 3 heterocycles. The van der Waals surface area contributed by atoms with Crippen LogP contribution in [0, 0.1) is 0 Å². The van der Waals surface area contributed by atoms with E-state index in [-0.39, 0.29) is 0 Å². The Morgan fingerprint density at radius 3 is 2.96 bits per heavy atom. The standard InChI is InChI=1S/C18H15N3O2S2/c1-2-4-13(5-3-1)14-10-25-18-20-19-17(21(14)18)24-9-12-6-7-15-16(8-12)23-11-22-15/h1-5,8,10H,6-7,9,11H2. The van der Waals surface area contributed by atoms with Crippen LogP contribution in [0.2, 0.25) is 0 Å². The number of thiazole rings is 1. The van der Waals surface area contributed by atoms with Crippen molar-refractivity contribution >= 4 is 28.1 Å². The zero-order valence-electron chi connectivity index (χ0n) is 13.3. The summed E-state index contributed by atoms with van der Waals surface area (Å²) in [7, 11) is 0. The molecule has 0 N–H and O–H groups in total. The van der Waals surface area contributed by atoms with E-state index in [1.54, 1.807) is 23.1 Å². The van der Waals surface area contributed by atoms with Crippen molar-refractivity contribution in [1.82, 2.24) is 14.6 Å². The summed E-state index contributed by atoms with van der Waals surface area (Å²) in [6.07, 6.45) is 4.04. The lowest BCUT2D eigenvalue weighted by Crippen LogP contribution is -1.99. The van der Waals surface area contributed by atoms with Crippen LogP contribution in [0.5, 0.6) is 0 Å². The van der Waals surface area contributed by atoms with E-state index in [2.05, 4.69) is 50.3 Å². The van der Waals surface area contributed by atoms with Gasteiger partial charge in [0.25, 0.3) is 0 Å². The molecule has 0 unspecified atom stereocenters. The number of benzene rings is 1. The average molecular weight is 369 g/mol. The maximum absolute atomic E-state index is 5.50. The molecule has 2 aliphatic rings. The van der Waals surface area contributed by atoms with Gasteiger partial charge in [0.05, 0.1) is 5.69 Å². The molecule has 3 aromatic rings. The summed E-state index contributed by atoms with van der Waals surface area (Å²) in [6.45, 7) is 0.349. The van der Waals surface area contributed by atoms with Crippen molar-refractivity contribution in [2.24, 2.45) is 0 Å². The van der Waals surface area contributed by atoms with Gasteiger partial charge in [-0.3, -0.25) is 4.40 Å². The molecule has 0 bridgehead atoms. The molecule has 2 aromatic heterocycles. The van der Waals surface area contributed by atoms with Gasteiger partial charge in [0.15, 0.2) is 10.9 Å². The van der Waals surface area contributed by atoms with Gasteiger partial charge in [-0.1, -0.05) is 47.7 Å². The fraction of sp³-hybridized carbons (Fsp3) is 0.222. The number of allylic oxidation sites excluding steroid dienone is 2. The molecule has 0 saturated carbocycles. The molecule has 1 aliphatic heterocycles. The molecular weight excluding hydrogens is 354 g/mol. The maximum atomic E-state index is 5.50. The molecule has 1 aliphatic carbocycles. The Morgan fingerprint density at radius 1 is 1.12 bits per heavy atom. The molecule has 0 saturated heterocycles. The first-order valence-electron chi connectivity index (χ1n) is 8.07. The maximum Gasteiger partial charge on any atom is 0.230 e. The number of thioether (sulfide) groups is 1. The predicted octanol–water partition coefficient (Wildman–Crippen LogP) is 4.49. The first-order valence-corrected chi connectivity index (χ1v) is 9.94. The van der Waals surface area contributed by atoms with Crippen molar-refractivity contribution in [3.63, 3.8) is 0 Å². The second-order valence-corrected chi connectivity index (χ2v) is 7.65. The van der Waals surface area contributed by atoms with Gasteiger partial charge in [-0.15, -0.1) is 21.5 Å². The van der Waals surface area contributed by atoms with Crippen LogP contribution in [-0.2, 0) is 9.47 Å². The van der Waals surface area contributed by atoms with Gasteiger partial charge >= 0.3 is 0 Å². The zero-order chi connectivity index (χ0) is 16.6. The van der Waals surface area contributed by atoms with Crippen LogP contribution in [0.15, 0.2) is 64.0 Å². The summed E-state index contributed by atoms with van der Waals surface area (Å²) in [4.78, 5) is 0.927. The van der Waals surface area contributed by atoms with Crippen LogP contribution >= 0.6 is 23.1 Å². The van der Waals surface area contributed by atoms with Crippen molar-refractivity contribution in [2.75, 3.05) is 12.5 Å². The van der Waals surface area contributed by atoms with Crippen LogP contribution < -0.4 is 0 Å². The van der Waals surface area contributed by atoms with Gasteiger partial charge in [0.1, 0.15) is 5.76 Å². The highest BCUT2D eigenvalue weighted by molar-refractivity contribution is 7.99. The van der Waals surface area contributed by atoms with Gasteiger partial charge in [-0.2, -0.15) is 0 Å². The second-order valence-electron chi connectivity index (χ2n) is 5.87. The quantitative estimate of drug-likeness (QED) is 0.634. The number of aromatic nitrogens is 3. The third-order valence-corrected chi connectivity index (χ3v) is 6.16. The Bertz CT molecular complexity index is 988. The number of nitrogens with zero attached hydrogens (tertiary/aromatic N) is 3. The zero-order valence-corrected chi connectivity index (χ0v) is 15.0. The highest BCUT2D eigenvalue weighted by atomic mass is 32.2. The van der Waals surface area contributed by atoms with Crippen molar-refractivity contribution in [3.05, 3.63) is 58.9 Å². The van der Waals surface area contributed by atoms with E-state index >= 15 is 0 Å². The van der Waals surface area contributed by atoms with Gasteiger partial charge in [0.2, 0.25) is 11.8 Å². The predicted molar refractivity (Wildman–Crippen MR) is 98.4 cm³/mol. The van der Waals surface area contributed by atoms with Crippen LogP contribution in [0.1, 0.15) is 12.8 Å². The van der Waals surface area contributed by atoms with E-state index in [1.807, 2.05) is 6.07 Å². The van der Waals surface area contributed by atoms with Gasteiger partial charge in [-0.25, -0.2) is 0 Å². The fourth-order valence-corrected chi connectivity index (χ4v) is 4.88. The molecule has 0 atom stereocenters. The number of hydrogen-bond donors (Lipinski definition) is 0. The lowest BCUT2D eigenvalue weighted by molar-refractivity contribution is 0.0729. The van der Waals surface area contributed by atoms with E-state index in [0.29, 0.717) is 6.79 Å². The van der Waals surface area contributed by atoms with E-state index in [4.69, 9.17) is 9.47 Å². The smallest absolute Gasteiger partial charge is 0.230 e. The summed E-state index contributed by atoms with van der Waals surface area (Å²) < 4.78 is 13.1. The SMILES string of the molecule is C1=C(CSc2nnc3scc(-c4ccccc4)n23)CCC2=C1OCO2. The van der Waals surface area contributed by atoms with Gasteiger partial charge < -0.3 is 9.47 Å². The number of hydrogen-bond acceptors (Lipinski definition) is 6. The second kappa shape index (κ2) is 6.24. The third-order valence-electron chi connectivity index (χ3n) is 4.31. The molecule has 1 aromatic carbocycles. The van der Waals surface area contributed by atoms with E-state index in [0.717, 1.165) is 45.9 Å². The Labute approximate surface area is 153 Å². The summed E-state index contributed by atoms with van der Waals surface area (Å²) in [5.41, 5.74) is 3.67. The van der Waals surface area contributed by atoms with Gasteiger partial charge in [-0.05, 0) is 18.1 Å². The monoisotopic (exact) mass is 369 g/mol. The summed E-state index contributed by atoms with van der Waals surface area (Å²) in [5, 5.41) is 11.8. The number of rotatable bonds is 4. The topological polar surface area (TPSA) is 48.7 Å². The minimum absolute atomic E-state index is 0.349. The molecular formula is C18H15N3O2S2. The minimum atomic E-state index is 0.349. The Hall–Kier alpha value is -2.25. The summed E-state index contributed by atoms with van der Waals surface area (Å²) in [6, 6.07) is 10.4. The molecule has 0 amide bonds. The van der Waals surface area contributed by atoms with Crippen LogP contribution in [0.3, 0.4) is 0 Å². The summed E-state index contributed by atoms with van der Waals surface area (Å²) >= 11 is 3.34. The number of fused-ring (bicyclic) bond motifs is 1. The van der Waals surface area contributed by atoms with Crippen molar-refractivity contribution in [1.29, 1.82) is 0 Å². The van der Waals surface area contributed by atoms with Crippen LogP contribution in [-0.4, -0.2) is 27.1 Å². The number of ether oxygens (including phenoxy) is 2. The highest BCUT2D eigenvalue weighted by Crippen LogP contribution is 2.34. The molecule has 7 heteroatoms. The average Bonchev–Trinajstić information content (AvgIpc) is 3.37. The first-order chi connectivity index (χ1) is 12.4. The lowest BCUT2D eigenvalue weighted by atomic mass is 10.0. The third kappa shape index (κ3) is 2.73. The van der Waals surface area contributed by atoms with Crippen molar-refractivity contribution in [3.8, 4) is 11.3 Å². The Morgan fingerprint density at radius 2 is 2.04 bits per heavy atom. The first kappa shape index (κ1) is 15.0. The Kier molecular flexibility index (Phi) is 3.75. The molecule has 0 radical (unpaired) electrons. The van der Waals surface area contributed by atoms with Crippen LogP contribution in [0.4, 0.5) is 0 Å². The molecule has 25 heavy (non-hydrogen) atoms. The van der Waals surface area contributed by atoms with Gasteiger partial charge in [0, 0.05) is 17.6 Å². The Balaban J connectivity index is 1.42.